The van der Waals surface area contributed by atoms with E-state index in [4.69, 9.17) is 15.2 Å². The summed E-state index contributed by atoms with van der Waals surface area (Å²) in [7, 11) is 0. The van der Waals surface area contributed by atoms with Crippen molar-refractivity contribution in [2.45, 2.75) is 12.5 Å². The lowest BCUT2D eigenvalue weighted by Crippen LogP contribution is -2.20. The second-order valence-electron chi connectivity index (χ2n) is 4.57. The predicted octanol–water partition coefficient (Wildman–Crippen LogP) is 2.79. The van der Waals surface area contributed by atoms with Gasteiger partial charge in [-0.25, -0.2) is 0 Å². The van der Waals surface area contributed by atoms with Crippen molar-refractivity contribution in [2.75, 3.05) is 13.2 Å². The first-order valence-corrected chi connectivity index (χ1v) is 7.36. The van der Waals surface area contributed by atoms with Crippen LogP contribution in [-0.4, -0.2) is 19.0 Å². The van der Waals surface area contributed by atoms with Crippen LogP contribution >= 0.6 is 11.3 Å². The Labute approximate surface area is 121 Å². The molecule has 4 nitrogen and oxygen atoms in total. The van der Waals surface area contributed by atoms with Crippen molar-refractivity contribution >= 4 is 17.1 Å². The number of ether oxygens (including phenoxy) is 2. The molecule has 2 heterocycles. The summed E-state index contributed by atoms with van der Waals surface area (Å²) in [5.74, 6) is 1.19. The van der Waals surface area contributed by atoms with E-state index in [-0.39, 0.29) is 5.78 Å². The fourth-order valence-corrected chi connectivity index (χ4v) is 2.82. The van der Waals surface area contributed by atoms with Crippen molar-refractivity contribution in [3.05, 3.63) is 46.2 Å². The normalized spacial score (nSPS) is 15.4. The van der Waals surface area contributed by atoms with Gasteiger partial charge in [0.2, 0.25) is 0 Å². The number of thiophene rings is 1. The molecular formula is C15H15NO3S. The maximum absolute atomic E-state index is 12.4. The zero-order valence-corrected chi connectivity index (χ0v) is 11.7. The van der Waals surface area contributed by atoms with Crippen molar-refractivity contribution in [2.24, 2.45) is 5.73 Å². The van der Waals surface area contributed by atoms with E-state index >= 15 is 0 Å². The van der Waals surface area contributed by atoms with Gasteiger partial charge in [-0.1, -0.05) is 6.07 Å². The fraction of sp³-hybridized carbons (Fsp3) is 0.267. The lowest BCUT2D eigenvalue weighted by Gasteiger charge is -2.11. The van der Waals surface area contributed by atoms with E-state index in [9.17, 15) is 4.79 Å². The van der Waals surface area contributed by atoms with Gasteiger partial charge in [0, 0.05) is 16.9 Å². The molecule has 1 aromatic carbocycles. The second kappa shape index (κ2) is 5.64. The highest BCUT2D eigenvalue weighted by Gasteiger charge is 2.21. The molecule has 0 saturated carbocycles. The molecular weight excluding hydrogens is 274 g/mol. The van der Waals surface area contributed by atoms with E-state index in [2.05, 4.69) is 0 Å². The van der Waals surface area contributed by atoms with Crippen LogP contribution in [0.3, 0.4) is 0 Å². The van der Waals surface area contributed by atoms with Gasteiger partial charge in [0.05, 0.1) is 13.2 Å². The van der Waals surface area contributed by atoms with Gasteiger partial charge in [0.25, 0.3) is 0 Å². The Hall–Kier alpha value is -1.85. The summed E-state index contributed by atoms with van der Waals surface area (Å²) in [5, 5.41) is 1.91. The Kier molecular flexibility index (Phi) is 3.71. The van der Waals surface area contributed by atoms with Gasteiger partial charge in [0.1, 0.15) is 6.04 Å². The molecule has 0 radical (unpaired) electrons. The summed E-state index contributed by atoms with van der Waals surface area (Å²) in [6, 6.07) is 8.37. The van der Waals surface area contributed by atoms with Crippen molar-refractivity contribution in [3.8, 4) is 11.5 Å². The van der Waals surface area contributed by atoms with Gasteiger partial charge < -0.3 is 15.2 Å². The standard InChI is InChI=1S/C15H15NO3S/c16-14(13-3-1-8-20-13)15(17)10-4-5-11-12(9-10)19-7-2-6-18-11/h1,3-5,8-9,14H,2,6-7,16H2. The smallest absolute Gasteiger partial charge is 0.185 e. The first-order chi connectivity index (χ1) is 9.75. The largest absolute Gasteiger partial charge is 0.490 e. The summed E-state index contributed by atoms with van der Waals surface area (Å²) in [6.07, 6.45) is 0.840. The summed E-state index contributed by atoms with van der Waals surface area (Å²) >= 11 is 1.48. The maximum atomic E-state index is 12.4. The van der Waals surface area contributed by atoms with Gasteiger partial charge in [-0.2, -0.15) is 0 Å². The molecule has 0 amide bonds. The molecule has 104 valence electrons. The van der Waals surface area contributed by atoms with E-state index in [1.165, 1.54) is 11.3 Å². The van der Waals surface area contributed by atoms with Crippen LogP contribution in [0.1, 0.15) is 27.7 Å². The second-order valence-corrected chi connectivity index (χ2v) is 5.55. The monoisotopic (exact) mass is 289 g/mol. The zero-order chi connectivity index (χ0) is 13.9. The molecule has 0 spiro atoms. The number of rotatable bonds is 3. The molecule has 0 aliphatic carbocycles. The highest BCUT2D eigenvalue weighted by atomic mass is 32.1. The Balaban J connectivity index is 1.87. The molecule has 1 aliphatic rings. The Morgan fingerprint density at radius 2 is 2.00 bits per heavy atom. The third kappa shape index (κ3) is 2.55. The molecule has 0 saturated heterocycles. The van der Waals surface area contributed by atoms with Gasteiger partial charge in [-0.05, 0) is 29.6 Å². The Morgan fingerprint density at radius 1 is 1.20 bits per heavy atom. The number of ketones is 1. The van der Waals surface area contributed by atoms with Gasteiger partial charge >= 0.3 is 0 Å². The third-order valence-corrected chi connectivity index (χ3v) is 4.12. The highest BCUT2D eigenvalue weighted by Crippen LogP contribution is 2.32. The van der Waals surface area contributed by atoms with Crippen molar-refractivity contribution in [1.29, 1.82) is 0 Å². The van der Waals surface area contributed by atoms with Crippen LogP contribution in [0.5, 0.6) is 11.5 Å². The molecule has 1 unspecified atom stereocenters. The summed E-state index contributed by atoms with van der Waals surface area (Å²) in [4.78, 5) is 13.3. The first-order valence-electron chi connectivity index (χ1n) is 6.48. The average Bonchev–Trinajstić information content (AvgIpc) is 2.91. The van der Waals surface area contributed by atoms with Crippen LogP contribution < -0.4 is 15.2 Å². The number of benzene rings is 1. The van der Waals surface area contributed by atoms with E-state index in [0.717, 1.165) is 11.3 Å². The van der Waals surface area contributed by atoms with Crippen molar-refractivity contribution in [3.63, 3.8) is 0 Å². The van der Waals surface area contributed by atoms with Gasteiger partial charge in [0.15, 0.2) is 17.3 Å². The quantitative estimate of drug-likeness (QED) is 0.883. The van der Waals surface area contributed by atoms with Gasteiger partial charge in [-0.3, -0.25) is 4.79 Å². The van der Waals surface area contributed by atoms with Crippen LogP contribution in [0.15, 0.2) is 35.7 Å². The minimum atomic E-state index is -0.625. The topological polar surface area (TPSA) is 61.6 Å². The van der Waals surface area contributed by atoms with E-state index in [1.54, 1.807) is 18.2 Å². The van der Waals surface area contributed by atoms with Crippen LogP contribution in [0.4, 0.5) is 0 Å². The van der Waals surface area contributed by atoms with Crippen LogP contribution in [0.2, 0.25) is 0 Å². The number of Topliss-reactive ketones (excluding diaryl/α,β-unsaturated/α-hetero) is 1. The zero-order valence-electron chi connectivity index (χ0n) is 10.9. The summed E-state index contributed by atoms with van der Waals surface area (Å²) in [5.41, 5.74) is 6.56. The molecule has 20 heavy (non-hydrogen) atoms. The number of fused-ring (bicyclic) bond motifs is 1. The Bertz CT molecular complexity index is 610. The molecule has 1 aliphatic heterocycles. The van der Waals surface area contributed by atoms with E-state index in [1.807, 2.05) is 17.5 Å². The molecule has 1 atom stereocenters. The average molecular weight is 289 g/mol. The third-order valence-electron chi connectivity index (χ3n) is 3.16. The highest BCUT2D eigenvalue weighted by molar-refractivity contribution is 7.10. The Morgan fingerprint density at radius 3 is 2.75 bits per heavy atom. The molecule has 0 fully saturated rings. The van der Waals surface area contributed by atoms with Crippen LogP contribution in [0, 0.1) is 0 Å². The SMILES string of the molecule is NC(C(=O)c1ccc2c(c1)OCCCO2)c1cccs1. The fourth-order valence-electron chi connectivity index (χ4n) is 2.09. The lowest BCUT2D eigenvalue weighted by molar-refractivity contribution is 0.0962. The van der Waals surface area contributed by atoms with E-state index in [0.29, 0.717) is 30.3 Å². The number of hydrogen-bond donors (Lipinski definition) is 1. The predicted molar refractivity (Wildman–Crippen MR) is 77.6 cm³/mol. The molecule has 0 bridgehead atoms. The van der Waals surface area contributed by atoms with Crippen molar-refractivity contribution in [1.82, 2.24) is 0 Å². The van der Waals surface area contributed by atoms with Gasteiger partial charge in [-0.15, -0.1) is 11.3 Å². The molecule has 2 aromatic rings. The number of carbonyl (C=O) groups is 1. The summed E-state index contributed by atoms with van der Waals surface area (Å²) < 4.78 is 11.1. The molecule has 2 N–H and O–H groups in total. The van der Waals surface area contributed by atoms with E-state index < -0.39 is 6.04 Å². The van der Waals surface area contributed by atoms with Crippen LogP contribution in [-0.2, 0) is 0 Å². The van der Waals surface area contributed by atoms with Crippen molar-refractivity contribution < 1.29 is 14.3 Å². The number of nitrogens with two attached hydrogens (primary N) is 1. The minimum Gasteiger partial charge on any atom is -0.490 e. The minimum absolute atomic E-state index is 0.108. The number of hydrogen-bond acceptors (Lipinski definition) is 5. The number of carbonyl (C=O) groups excluding carboxylic acids is 1. The lowest BCUT2D eigenvalue weighted by atomic mass is 10.0. The molecule has 5 heteroatoms. The maximum Gasteiger partial charge on any atom is 0.185 e. The molecule has 3 rings (SSSR count). The first kappa shape index (κ1) is 13.1. The molecule has 1 aromatic heterocycles. The summed E-state index contributed by atoms with van der Waals surface area (Å²) in [6.45, 7) is 1.23. The van der Waals surface area contributed by atoms with Crippen LogP contribution in [0.25, 0.3) is 0 Å².